The number of rotatable bonds is 17. The molecule has 4 N–H and O–H groups in total. The Hall–Kier alpha value is -3.22. The van der Waals surface area contributed by atoms with Crippen LogP contribution >= 0.6 is 0 Å². The van der Waals surface area contributed by atoms with Crippen LogP contribution in [0.15, 0.2) is 23.3 Å². The molecule has 16 heteroatoms. The van der Waals surface area contributed by atoms with Gasteiger partial charge in [-0.2, -0.15) is 0 Å². The van der Waals surface area contributed by atoms with Crippen molar-refractivity contribution in [1.29, 1.82) is 0 Å². The number of likely N-dealkylation sites (N-methyl/N-ethyl adjacent to an activating group) is 2. The number of carboxylic acid groups (broad SMARTS) is 1. The molecule has 2 aliphatic rings. The molecular formula is C50H91LiN6O9. The van der Waals surface area contributed by atoms with Gasteiger partial charge in [-0.15, -0.1) is 0 Å². The summed E-state index contributed by atoms with van der Waals surface area (Å²) in [6, 6.07) is -1.98. The van der Waals surface area contributed by atoms with E-state index in [0.29, 0.717) is 12.2 Å². The zero-order valence-electron chi connectivity index (χ0n) is 44.8. The van der Waals surface area contributed by atoms with E-state index in [1.54, 1.807) is 49.9 Å². The maximum Gasteiger partial charge on any atom is 1.00 e. The number of likely N-dealkylation sites (tertiary alicyclic amines) is 2. The molecule has 0 spiro atoms. The van der Waals surface area contributed by atoms with Crippen molar-refractivity contribution in [2.75, 3.05) is 33.8 Å². The number of nitrogens with zero attached hydrogens (tertiary/aromatic N) is 4. The average Bonchev–Trinajstić information content (AvgIpc) is 3.20. The molecule has 0 saturated carbocycles. The van der Waals surface area contributed by atoms with Crippen molar-refractivity contribution in [1.82, 2.24) is 30.2 Å². The smallest absolute Gasteiger partial charge is 0.870 e. The molecule has 2 saturated heterocycles. The first-order valence-corrected chi connectivity index (χ1v) is 23.8. The predicted octanol–water partition coefficient (Wildman–Crippen LogP) is 3.89. The first-order valence-electron chi connectivity index (χ1n) is 23.8. The normalized spacial score (nSPS) is 19.6. The summed E-state index contributed by atoms with van der Waals surface area (Å²) in [6.07, 6.45) is 9.21. The Kier molecular flexibility index (Phi) is 28.5. The van der Waals surface area contributed by atoms with Crippen molar-refractivity contribution in [2.45, 2.75) is 205 Å². The molecule has 0 bridgehead atoms. The van der Waals surface area contributed by atoms with Crippen molar-refractivity contribution < 1.29 is 62.9 Å². The van der Waals surface area contributed by atoms with E-state index in [0.717, 1.165) is 51.6 Å². The molecule has 15 nitrogen and oxygen atoms in total. The molecule has 0 radical (unpaired) electrons. The fourth-order valence-corrected chi connectivity index (χ4v) is 8.58. The van der Waals surface area contributed by atoms with Crippen LogP contribution in [-0.4, -0.2) is 148 Å². The van der Waals surface area contributed by atoms with E-state index in [9.17, 15) is 33.9 Å². The number of hydrogen-bond acceptors (Lipinski definition) is 10. The number of hydrogen-bond donors (Lipinski definition) is 3. The van der Waals surface area contributed by atoms with Gasteiger partial charge in [0.15, 0.2) is 0 Å². The van der Waals surface area contributed by atoms with E-state index in [4.69, 9.17) is 4.74 Å². The Morgan fingerprint density at radius 2 is 0.985 bits per heavy atom. The zero-order chi connectivity index (χ0) is 49.6. The van der Waals surface area contributed by atoms with Crippen molar-refractivity contribution >= 4 is 35.6 Å². The molecule has 0 aromatic carbocycles. The van der Waals surface area contributed by atoms with Crippen LogP contribution in [-0.2, 0) is 33.5 Å². The molecule has 2 heterocycles. The van der Waals surface area contributed by atoms with Gasteiger partial charge >= 0.3 is 30.8 Å². The van der Waals surface area contributed by atoms with Gasteiger partial charge in [-0.3, -0.25) is 29.0 Å². The van der Waals surface area contributed by atoms with Gasteiger partial charge in [-0.25, -0.2) is 9.59 Å². The quantitative estimate of drug-likeness (QED) is 0.109. The summed E-state index contributed by atoms with van der Waals surface area (Å²) in [7, 11) is 3.43. The van der Waals surface area contributed by atoms with E-state index >= 15 is 0 Å². The Labute approximate surface area is 411 Å². The maximum atomic E-state index is 13.7. The topological polar surface area (TPSA) is 199 Å². The van der Waals surface area contributed by atoms with E-state index in [1.807, 2.05) is 69.2 Å². The molecule has 0 aromatic heterocycles. The van der Waals surface area contributed by atoms with Crippen molar-refractivity contribution in [3.05, 3.63) is 23.3 Å². The Morgan fingerprint density at radius 1 is 0.652 bits per heavy atom. The summed E-state index contributed by atoms with van der Waals surface area (Å²) in [6.45, 7) is 35.1. The van der Waals surface area contributed by atoms with Gasteiger partial charge in [0.25, 0.3) is 0 Å². The van der Waals surface area contributed by atoms with Gasteiger partial charge in [0.2, 0.25) is 23.6 Å². The molecule has 66 heavy (non-hydrogen) atoms. The number of carboxylic acids is 1. The molecule has 0 aliphatic carbocycles. The van der Waals surface area contributed by atoms with Crippen LogP contribution in [0.5, 0.6) is 0 Å². The van der Waals surface area contributed by atoms with Gasteiger partial charge in [-0.1, -0.05) is 94.2 Å². The third-order valence-corrected chi connectivity index (χ3v) is 12.6. The molecule has 2 fully saturated rings. The van der Waals surface area contributed by atoms with Gasteiger partial charge < -0.3 is 35.8 Å². The minimum atomic E-state index is -1.00. The number of nitrogens with one attached hydrogen (secondary N) is 2. The molecule has 0 aromatic rings. The number of esters is 1. The Morgan fingerprint density at radius 3 is 1.26 bits per heavy atom. The maximum absolute atomic E-state index is 13.7. The Bertz CT molecular complexity index is 1630. The largest absolute Gasteiger partial charge is 1.00 e. The molecule has 2 rings (SSSR count). The van der Waals surface area contributed by atoms with Crippen LogP contribution in [0.4, 0.5) is 0 Å². The molecule has 4 amide bonds. The van der Waals surface area contributed by atoms with Crippen LogP contribution in [0.25, 0.3) is 0 Å². The first kappa shape index (κ1) is 64.9. The summed E-state index contributed by atoms with van der Waals surface area (Å²) in [5.41, 5.74) is -0.295. The fraction of sp³-hybridized carbons (Fsp3) is 0.800. The minimum absolute atomic E-state index is 0. The predicted molar refractivity (Wildman–Crippen MR) is 258 cm³/mol. The number of carbonyl (C=O) groups excluding carboxylic acids is 5. The van der Waals surface area contributed by atoms with E-state index in [2.05, 4.69) is 48.1 Å². The van der Waals surface area contributed by atoms with E-state index < -0.39 is 28.9 Å². The standard InChI is InChI=1S/C26H47N3O4.C24H43N3O4.Li.H2O/c1-11-33-25(32)19(6)16-21(17(2)3)28(10)24(31)22(26(7,8)9)27-23(30)20-14-12-13-15-29(20)18(4)5;1-15(2)19(14-17(5)23(30)31)26(9)22(29)20(24(6,7)8)25-21(28)18-12-10-11-13-27(18)16(3)4;;/h16-18,20-22H,11-15H2,1-10H3,(H,27,30);14-16,18-20H,10-13H2,1-9H3,(H,25,28)(H,30,31);;1H2/q;;+1;/p-1/b19-16+;17-14+;;/t20-,21-,22?;18-,19-,20?;;/m11../s1. The van der Waals surface area contributed by atoms with Gasteiger partial charge in [-0.05, 0) is 110 Å². The monoisotopic (exact) mass is 927 g/mol. The van der Waals surface area contributed by atoms with Crippen LogP contribution in [0, 0.1) is 22.7 Å². The number of amides is 4. The molecule has 6 atom stereocenters. The molecule has 2 aliphatic heterocycles. The fourth-order valence-electron chi connectivity index (χ4n) is 8.58. The summed E-state index contributed by atoms with van der Waals surface area (Å²) in [5, 5.41) is 15.4. The van der Waals surface area contributed by atoms with E-state index in [1.165, 1.54) is 6.92 Å². The average molecular weight is 927 g/mol. The molecule has 376 valence electrons. The van der Waals surface area contributed by atoms with Crippen LogP contribution in [0.2, 0.25) is 0 Å². The molecule has 2 unspecified atom stereocenters. The summed E-state index contributed by atoms with van der Waals surface area (Å²) in [5.74, 6) is -1.83. The van der Waals surface area contributed by atoms with Crippen molar-refractivity contribution in [3.63, 3.8) is 0 Å². The van der Waals surface area contributed by atoms with Gasteiger partial charge in [0, 0.05) is 37.3 Å². The van der Waals surface area contributed by atoms with Crippen LogP contribution in [0.3, 0.4) is 0 Å². The third kappa shape index (κ3) is 19.4. The minimum Gasteiger partial charge on any atom is -0.870 e. The number of piperidine rings is 2. The Balaban J connectivity index is 0. The summed E-state index contributed by atoms with van der Waals surface area (Å²) >= 11 is 0. The second-order valence-corrected chi connectivity index (χ2v) is 21.4. The number of ether oxygens (including phenoxy) is 1. The van der Waals surface area contributed by atoms with Gasteiger partial charge in [0.1, 0.15) is 12.1 Å². The van der Waals surface area contributed by atoms with Gasteiger partial charge in [0.05, 0.1) is 30.8 Å². The van der Waals surface area contributed by atoms with Crippen molar-refractivity contribution in [3.8, 4) is 0 Å². The molecular weight excluding hydrogens is 836 g/mol. The first-order chi connectivity index (χ1) is 29.4. The summed E-state index contributed by atoms with van der Waals surface area (Å²) < 4.78 is 5.10. The van der Waals surface area contributed by atoms with Crippen LogP contribution in [0.1, 0.15) is 156 Å². The zero-order valence-corrected chi connectivity index (χ0v) is 44.8. The summed E-state index contributed by atoms with van der Waals surface area (Å²) in [4.78, 5) is 85.0. The second-order valence-electron chi connectivity index (χ2n) is 21.4. The third-order valence-electron chi connectivity index (χ3n) is 12.6. The number of carbonyl (C=O) groups is 6. The van der Waals surface area contributed by atoms with Crippen LogP contribution < -0.4 is 29.5 Å². The second kappa shape index (κ2) is 29.0. The van der Waals surface area contributed by atoms with E-state index in [-0.39, 0.29) is 108 Å². The van der Waals surface area contributed by atoms with Crippen molar-refractivity contribution in [2.24, 2.45) is 22.7 Å². The number of aliphatic carboxylic acids is 1. The SMILES string of the molecule is C/C(=C\[C@H](C(C)C)N(C)C(=O)C(NC(=O)[C@H]1CCCCN1C(C)C)C(C)(C)C)C(=O)O.CCOC(=O)/C(C)=C/[C@H](C(C)C)N(C)C(=O)C(NC(=O)[C@H]1CCCCN1C(C)C)C(C)(C)C.[Li+].[OH-].